The van der Waals surface area contributed by atoms with E-state index in [1.165, 1.54) is 0 Å². The standard InChI is InChI=1S/C20H30N6O2.HI/c1-4-21-20(22-11-15-6-5-7-16(10-15)13-27-2)23-17-8-9-19-24-18(14-28-3)25-26(19)12-17;/h5-7,10,17H,4,8-9,11-14H2,1-3H3,(H2,21,22,23);1H. The summed E-state index contributed by atoms with van der Waals surface area (Å²) in [6, 6.07) is 8.60. The molecule has 0 radical (unpaired) electrons. The lowest BCUT2D eigenvalue weighted by Crippen LogP contribution is -2.47. The molecule has 1 aromatic carbocycles. The van der Waals surface area contributed by atoms with E-state index in [-0.39, 0.29) is 30.0 Å². The van der Waals surface area contributed by atoms with Gasteiger partial charge >= 0.3 is 0 Å². The Hall–Kier alpha value is -1.72. The lowest BCUT2D eigenvalue weighted by atomic mass is 10.1. The average Bonchev–Trinajstić information content (AvgIpc) is 3.09. The summed E-state index contributed by atoms with van der Waals surface area (Å²) in [6.45, 7) is 5.35. The maximum Gasteiger partial charge on any atom is 0.191 e. The summed E-state index contributed by atoms with van der Waals surface area (Å²) in [4.78, 5) is 9.29. The predicted octanol–water partition coefficient (Wildman–Crippen LogP) is 2.26. The molecule has 0 saturated heterocycles. The van der Waals surface area contributed by atoms with Gasteiger partial charge in [-0.15, -0.1) is 24.0 Å². The van der Waals surface area contributed by atoms with Gasteiger partial charge in [0.1, 0.15) is 12.4 Å². The highest BCUT2D eigenvalue weighted by molar-refractivity contribution is 14.0. The van der Waals surface area contributed by atoms with Gasteiger partial charge in [-0.3, -0.25) is 0 Å². The minimum Gasteiger partial charge on any atom is -0.380 e. The minimum absolute atomic E-state index is 0. The first-order valence-electron chi connectivity index (χ1n) is 9.75. The molecule has 3 rings (SSSR count). The van der Waals surface area contributed by atoms with Crippen molar-refractivity contribution in [3.63, 3.8) is 0 Å². The van der Waals surface area contributed by atoms with Crippen molar-refractivity contribution in [3.8, 4) is 0 Å². The third kappa shape index (κ3) is 6.93. The molecule has 2 heterocycles. The van der Waals surface area contributed by atoms with Crippen molar-refractivity contribution in [2.45, 2.75) is 52.1 Å². The van der Waals surface area contributed by atoms with Crippen LogP contribution in [-0.2, 0) is 42.2 Å². The third-order valence-electron chi connectivity index (χ3n) is 4.58. The molecule has 2 aromatic rings. The van der Waals surface area contributed by atoms with Crippen LogP contribution in [0.2, 0.25) is 0 Å². The monoisotopic (exact) mass is 514 g/mol. The number of benzene rings is 1. The number of nitrogens with zero attached hydrogens (tertiary/aromatic N) is 4. The van der Waals surface area contributed by atoms with E-state index in [2.05, 4.69) is 45.8 Å². The molecule has 1 unspecified atom stereocenters. The van der Waals surface area contributed by atoms with Crippen LogP contribution in [0.25, 0.3) is 0 Å². The first-order valence-corrected chi connectivity index (χ1v) is 9.75. The molecule has 0 saturated carbocycles. The summed E-state index contributed by atoms with van der Waals surface area (Å²) in [5.74, 6) is 2.60. The molecule has 29 heavy (non-hydrogen) atoms. The van der Waals surface area contributed by atoms with Crippen LogP contribution in [0.15, 0.2) is 29.3 Å². The zero-order chi connectivity index (χ0) is 19.8. The number of aromatic nitrogens is 3. The molecule has 1 aromatic heterocycles. The van der Waals surface area contributed by atoms with Crippen LogP contribution in [0.3, 0.4) is 0 Å². The maximum atomic E-state index is 5.21. The Balaban J connectivity index is 0.00000300. The summed E-state index contributed by atoms with van der Waals surface area (Å²) < 4.78 is 12.3. The first kappa shape index (κ1) is 23.6. The Kier molecular flexibility index (Phi) is 9.82. The van der Waals surface area contributed by atoms with Gasteiger partial charge in [-0.2, -0.15) is 5.10 Å². The van der Waals surface area contributed by atoms with E-state index in [1.54, 1.807) is 14.2 Å². The zero-order valence-electron chi connectivity index (χ0n) is 17.4. The number of rotatable bonds is 8. The average molecular weight is 514 g/mol. The second-order valence-electron chi connectivity index (χ2n) is 6.89. The van der Waals surface area contributed by atoms with Crippen molar-refractivity contribution < 1.29 is 9.47 Å². The molecule has 160 valence electrons. The van der Waals surface area contributed by atoms with Gasteiger partial charge in [0.2, 0.25) is 0 Å². The summed E-state index contributed by atoms with van der Waals surface area (Å²) in [7, 11) is 3.37. The highest BCUT2D eigenvalue weighted by Gasteiger charge is 2.22. The van der Waals surface area contributed by atoms with Crippen LogP contribution in [0, 0.1) is 0 Å². The van der Waals surface area contributed by atoms with Gasteiger partial charge in [-0.1, -0.05) is 24.3 Å². The van der Waals surface area contributed by atoms with E-state index in [0.29, 0.717) is 19.8 Å². The first-order chi connectivity index (χ1) is 13.7. The van der Waals surface area contributed by atoms with Crippen LogP contribution in [0.4, 0.5) is 0 Å². The Morgan fingerprint density at radius 1 is 1.24 bits per heavy atom. The van der Waals surface area contributed by atoms with Crippen molar-refractivity contribution in [1.82, 2.24) is 25.4 Å². The summed E-state index contributed by atoms with van der Waals surface area (Å²) in [5, 5.41) is 11.4. The number of hydrogen-bond donors (Lipinski definition) is 2. The van der Waals surface area contributed by atoms with E-state index in [0.717, 1.165) is 54.7 Å². The van der Waals surface area contributed by atoms with Gasteiger partial charge in [-0.25, -0.2) is 14.7 Å². The summed E-state index contributed by atoms with van der Waals surface area (Å²) >= 11 is 0. The van der Waals surface area contributed by atoms with Crippen molar-refractivity contribution in [2.75, 3.05) is 20.8 Å². The number of methoxy groups -OCH3 is 2. The van der Waals surface area contributed by atoms with Crippen molar-refractivity contribution in [3.05, 3.63) is 47.0 Å². The highest BCUT2D eigenvalue weighted by Crippen LogP contribution is 2.14. The Morgan fingerprint density at radius 3 is 2.79 bits per heavy atom. The molecular weight excluding hydrogens is 483 g/mol. The van der Waals surface area contributed by atoms with Crippen LogP contribution >= 0.6 is 24.0 Å². The van der Waals surface area contributed by atoms with Gasteiger partial charge in [0.05, 0.1) is 19.7 Å². The van der Waals surface area contributed by atoms with Crippen LogP contribution in [0.5, 0.6) is 0 Å². The normalized spacial score (nSPS) is 16.1. The molecule has 9 heteroatoms. The molecule has 1 aliphatic rings. The number of aliphatic imine (C=N–C) groups is 1. The molecule has 2 N–H and O–H groups in total. The Bertz CT molecular complexity index is 795. The fourth-order valence-corrected chi connectivity index (χ4v) is 3.34. The lowest BCUT2D eigenvalue weighted by Gasteiger charge is -2.25. The molecule has 0 fully saturated rings. The molecule has 0 amide bonds. The summed E-state index contributed by atoms with van der Waals surface area (Å²) in [6.07, 6.45) is 1.89. The van der Waals surface area contributed by atoms with Gasteiger partial charge in [0.25, 0.3) is 0 Å². The number of aryl methyl sites for hydroxylation is 1. The molecule has 0 spiro atoms. The molecule has 0 aliphatic carbocycles. The number of nitrogens with one attached hydrogen (secondary N) is 2. The Morgan fingerprint density at radius 2 is 2.03 bits per heavy atom. The van der Waals surface area contributed by atoms with Crippen LogP contribution in [-0.4, -0.2) is 47.5 Å². The zero-order valence-corrected chi connectivity index (χ0v) is 19.7. The number of halogens is 1. The van der Waals surface area contributed by atoms with Gasteiger partial charge < -0.3 is 20.1 Å². The van der Waals surface area contributed by atoms with Crippen LogP contribution in [0.1, 0.15) is 36.1 Å². The minimum atomic E-state index is 0. The number of ether oxygens (including phenoxy) is 2. The molecular formula is C20H31IN6O2. The number of hydrogen-bond acceptors (Lipinski definition) is 5. The van der Waals surface area contributed by atoms with E-state index in [9.17, 15) is 0 Å². The predicted molar refractivity (Wildman–Crippen MR) is 123 cm³/mol. The number of fused-ring (bicyclic) bond motifs is 1. The van der Waals surface area contributed by atoms with Crippen LogP contribution < -0.4 is 10.6 Å². The van der Waals surface area contributed by atoms with Crippen molar-refractivity contribution in [1.29, 1.82) is 0 Å². The lowest BCUT2D eigenvalue weighted by molar-refractivity contribution is 0.177. The quantitative estimate of drug-likeness (QED) is 0.320. The van der Waals surface area contributed by atoms with Gasteiger partial charge in [0, 0.05) is 33.2 Å². The summed E-state index contributed by atoms with van der Waals surface area (Å²) in [5.41, 5.74) is 2.32. The SMILES string of the molecule is CCNC(=NCc1cccc(COC)c1)NC1CCc2nc(COC)nn2C1.I. The Labute approximate surface area is 189 Å². The largest absolute Gasteiger partial charge is 0.380 e. The molecule has 0 bridgehead atoms. The van der Waals surface area contributed by atoms with E-state index in [4.69, 9.17) is 14.5 Å². The fourth-order valence-electron chi connectivity index (χ4n) is 3.34. The van der Waals surface area contributed by atoms with E-state index < -0.39 is 0 Å². The molecule has 1 aliphatic heterocycles. The second kappa shape index (κ2) is 12.1. The van der Waals surface area contributed by atoms with Gasteiger partial charge in [-0.05, 0) is 24.5 Å². The van der Waals surface area contributed by atoms with E-state index in [1.807, 2.05) is 10.7 Å². The van der Waals surface area contributed by atoms with Gasteiger partial charge in [0.15, 0.2) is 11.8 Å². The molecule has 1 atom stereocenters. The highest BCUT2D eigenvalue weighted by atomic mass is 127. The number of guanidine groups is 1. The topological polar surface area (TPSA) is 85.6 Å². The fraction of sp³-hybridized carbons (Fsp3) is 0.550. The second-order valence-corrected chi connectivity index (χ2v) is 6.89. The maximum absolute atomic E-state index is 5.21. The smallest absolute Gasteiger partial charge is 0.191 e. The van der Waals surface area contributed by atoms with Crippen molar-refractivity contribution in [2.24, 2.45) is 4.99 Å². The third-order valence-corrected chi connectivity index (χ3v) is 4.58. The molecule has 8 nitrogen and oxygen atoms in total. The van der Waals surface area contributed by atoms with E-state index >= 15 is 0 Å². The van der Waals surface area contributed by atoms with Crippen molar-refractivity contribution >= 4 is 29.9 Å².